The zero-order chi connectivity index (χ0) is 14.9. The van der Waals surface area contributed by atoms with Crippen molar-refractivity contribution in [1.82, 2.24) is 10.2 Å². The van der Waals surface area contributed by atoms with E-state index >= 15 is 0 Å². The van der Waals surface area contributed by atoms with Gasteiger partial charge in [0.1, 0.15) is 5.54 Å². The molecule has 0 spiro atoms. The molecule has 1 aliphatic heterocycles. The Bertz CT molecular complexity index is 380. The van der Waals surface area contributed by atoms with E-state index in [0.29, 0.717) is 18.0 Å². The fourth-order valence-corrected chi connectivity index (χ4v) is 4.06. The third kappa shape index (κ3) is 3.25. The van der Waals surface area contributed by atoms with Crippen LogP contribution in [-0.4, -0.2) is 55.2 Å². The van der Waals surface area contributed by atoms with Crippen molar-refractivity contribution in [2.75, 3.05) is 26.8 Å². The molecule has 120 valence electrons. The maximum absolute atomic E-state index is 12.1. The average molecular weight is 295 g/mol. The van der Waals surface area contributed by atoms with Gasteiger partial charge >= 0.3 is 0 Å². The van der Waals surface area contributed by atoms with Crippen LogP contribution in [0, 0.1) is 5.92 Å². The number of nitrogens with two attached hydrogens (primary N) is 1. The molecule has 0 aromatic rings. The van der Waals surface area contributed by atoms with Crippen LogP contribution in [0.5, 0.6) is 0 Å². The molecule has 1 heterocycles. The van der Waals surface area contributed by atoms with Gasteiger partial charge in [-0.25, -0.2) is 0 Å². The van der Waals surface area contributed by atoms with Crippen LogP contribution in [0.3, 0.4) is 0 Å². The van der Waals surface area contributed by atoms with Crippen LogP contribution in [0.4, 0.5) is 0 Å². The van der Waals surface area contributed by atoms with E-state index in [9.17, 15) is 4.79 Å². The van der Waals surface area contributed by atoms with Gasteiger partial charge in [-0.2, -0.15) is 0 Å². The third-order valence-electron chi connectivity index (χ3n) is 5.66. The van der Waals surface area contributed by atoms with Gasteiger partial charge in [-0.15, -0.1) is 0 Å². The first-order valence-corrected chi connectivity index (χ1v) is 8.47. The summed E-state index contributed by atoms with van der Waals surface area (Å²) >= 11 is 0. The molecule has 21 heavy (non-hydrogen) atoms. The SMILES string of the molecule is CN(CCC1CCCC1(NC1CC1)C(N)=O)C1CCOC1. The summed E-state index contributed by atoms with van der Waals surface area (Å²) in [6, 6.07) is 1.07. The molecular weight excluding hydrogens is 266 g/mol. The second-order valence-electron chi connectivity index (χ2n) is 7.13. The quantitative estimate of drug-likeness (QED) is 0.731. The Labute approximate surface area is 127 Å². The predicted molar refractivity (Wildman–Crippen MR) is 81.9 cm³/mol. The molecule has 5 nitrogen and oxygen atoms in total. The minimum absolute atomic E-state index is 0.135. The Morgan fingerprint density at radius 1 is 1.38 bits per heavy atom. The minimum Gasteiger partial charge on any atom is -0.380 e. The van der Waals surface area contributed by atoms with Gasteiger partial charge in [-0.1, -0.05) is 6.42 Å². The van der Waals surface area contributed by atoms with E-state index in [-0.39, 0.29) is 5.91 Å². The standard InChI is InChI=1S/C16H29N3O2/c1-19(14-7-10-21-11-14)9-6-12-3-2-8-16(12,15(17)20)18-13-4-5-13/h12-14,18H,2-11H2,1H3,(H2,17,20). The first-order chi connectivity index (χ1) is 10.1. The molecule has 5 heteroatoms. The summed E-state index contributed by atoms with van der Waals surface area (Å²) in [5.74, 6) is 0.254. The smallest absolute Gasteiger partial charge is 0.238 e. The summed E-state index contributed by atoms with van der Waals surface area (Å²) in [7, 11) is 2.18. The summed E-state index contributed by atoms with van der Waals surface area (Å²) in [5, 5.41) is 3.59. The van der Waals surface area contributed by atoms with Gasteiger partial charge in [-0.3, -0.25) is 4.79 Å². The van der Waals surface area contributed by atoms with Crippen molar-refractivity contribution in [3.8, 4) is 0 Å². The van der Waals surface area contributed by atoms with E-state index in [1.54, 1.807) is 0 Å². The van der Waals surface area contributed by atoms with Crippen molar-refractivity contribution in [2.24, 2.45) is 11.7 Å². The number of primary amides is 1. The second kappa shape index (κ2) is 6.23. The van der Waals surface area contributed by atoms with Gasteiger partial charge in [0.15, 0.2) is 0 Å². The van der Waals surface area contributed by atoms with Gasteiger partial charge in [0.25, 0.3) is 0 Å². The number of hydrogen-bond donors (Lipinski definition) is 2. The maximum Gasteiger partial charge on any atom is 0.238 e. The van der Waals surface area contributed by atoms with Crippen LogP contribution in [0.1, 0.15) is 44.9 Å². The van der Waals surface area contributed by atoms with E-state index in [1.807, 2.05) is 0 Å². The number of amides is 1. The van der Waals surface area contributed by atoms with E-state index in [0.717, 1.165) is 51.9 Å². The van der Waals surface area contributed by atoms with Crippen LogP contribution in [0.2, 0.25) is 0 Å². The van der Waals surface area contributed by atoms with Crippen LogP contribution in [0.15, 0.2) is 0 Å². The zero-order valence-electron chi connectivity index (χ0n) is 13.1. The lowest BCUT2D eigenvalue weighted by Crippen LogP contribution is -2.59. The Kier molecular flexibility index (Phi) is 4.52. The number of nitrogens with zero attached hydrogens (tertiary/aromatic N) is 1. The highest BCUT2D eigenvalue weighted by atomic mass is 16.5. The van der Waals surface area contributed by atoms with Crippen molar-refractivity contribution in [3.05, 3.63) is 0 Å². The van der Waals surface area contributed by atoms with Crippen molar-refractivity contribution < 1.29 is 9.53 Å². The molecule has 1 saturated heterocycles. The van der Waals surface area contributed by atoms with Crippen molar-refractivity contribution in [2.45, 2.75) is 62.6 Å². The monoisotopic (exact) mass is 295 g/mol. The van der Waals surface area contributed by atoms with Crippen molar-refractivity contribution >= 4 is 5.91 Å². The summed E-state index contributed by atoms with van der Waals surface area (Å²) in [4.78, 5) is 14.5. The zero-order valence-corrected chi connectivity index (χ0v) is 13.1. The lowest BCUT2D eigenvalue weighted by Gasteiger charge is -2.35. The Morgan fingerprint density at radius 2 is 2.19 bits per heavy atom. The van der Waals surface area contributed by atoms with Crippen LogP contribution >= 0.6 is 0 Å². The second-order valence-corrected chi connectivity index (χ2v) is 7.13. The fourth-order valence-electron chi connectivity index (χ4n) is 4.06. The number of ether oxygens (including phenoxy) is 1. The molecule has 0 aromatic carbocycles. The largest absolute Gasteiger partial charge is 0.380 e. The summed E-state index contributed by atoms with van der Waals surface area (Å²) in [6.07, 6.45) is 7.72. The van der Waals surface area contributed by atoms with Crippen molar-refractivity contribution in [3.63, 3.8) is 0 Å². The lowest BCUT2D eigenvalue weighted by atomic mass is 9.83. The van der Waals surface area contributed by atoms with Gasteiger partial charge in [-0.05, 0) is 58.0 Å². The van der Waals surface area contributed by atoms with Gasteiger partial charge < -0.3 is 20.7 Å². The summed E-state index contributed by atoms with van der Waals surface area (Å²) < 4.78 is 5.46. The molecule has 3 unspecified atom stereocenters. The van der Waals surface area contributed by atoms with Gasteiger partial charge in [0.05, 0.1) is 6.61 Å². The molecule has 3 rings (SSSR count). The highest BCUT2D eigenvalue weighted by molar-refractivity contribution is 5.85. The number of carbonyl (C=O) groups excluding carboxylic acids is 1. The van der Waals surface area contributed by atoms with Crippen LogP contribution in [-0.2, 0) is 9.53 Å². The molecule has 0 radical (unpaired) electrons. The fraction of sp³-hybridized carbons (Fsp3) is 0.938. The Morgan fingerprint density at radius 3 is 2.81 bits per heavy atom. The topological polar surface area (TPSA) is 67.6 Å². The third-order valence-corrected chi connectivity index (χ3v) is 5.66. The van der Waals surface area contributed by atoms with Gasteiger partial charge in [0.2, 0.25) is 5.91 Å². The Hall–Kier alpha value is -0.650. The number of nitrogens with one attached hydrogen (secondary N) is 1. The van der Waals surface area contributed by atoms with Crippen molar-refractivity contribution in [1.29, 1.82) is 0 Å². The molecule has 2 saturated carbocycles. The molecular formula is C16H29N3O2. The number of carbonyl (C=O) groups is 1. The normalized spacial score (nSPS) is 36.5. The Balaban J connectivity index is 1.58. The first-order valence-electron chi connectivity index (χ1n) is 8.47. The van der Waals surface area contributed by atoms with E-state index in [2.05, 4.69) is 17.3 Å². The molecule has 1 amide bonds. The lowest BCUT2D eigenvalue weighted by molar-refractivity contribution is -0.126. The highest BCUT2D eigenvalue weighted by Gasteiger charge is 2.49. The van der Waals surface area contributed by atoms with E-state index < -0.39 is 5.54 Å². The molecule has 3 fully saturated rings. The molecule has 0 aromatic heterocycles. The maximum atomic E-state index is 12.1. The number of likely N-dealkylation sites (N-methyl/N-ethyl adjacent to an activating group) is 1. The molecule has 0 bridgehead atoms. The minimum atomic E-state index is -0.436. The molecule has 2 aliphatic carbocycles. The highest BCUT2D eigenvalue weighted by Crippen LogP contribution is 2.40. The summed E-state index contributed by atoms with van der Waals surface area (Å²) in [6.45, 7) is 2.76. The molecule has 3 atom stereocenters. The molecule has 3 N–H and O–H groups in total. The number of rotatable bonds is 7. The van der Waals surface area contributed by atoms with Gasteiger partial charge in [0, 0.05) is 18.7 Å². The van der Waals surface area contributed by atoms with Crippen LogP contribution < -0.4 is 11.1 Å². The predicted octanol–water partition coefficient (Wildman–Crippen LogP) is 0.873. The summed E-state index contributed by atoms with van der Waals surface area (Å²) in [5.41, 5.74) is 5.36. The van der Waals surface area contributed by atoms with E-state index in [1.165, 1.54) is 12.8 Å². The average Bonchev–Trinajstić information content (AvgIpc) is 2.95. The van der Waals surface area contributed by atoms with Crippen LogP contribution in [0.25, 0.3) is 0 Å². The molecule has 3 aliphatic rings. The number of hydrogen-bond acceptors (Lipinski definition) is 4. The van der Waals surface area contributed by atoms with E-state index in [4.69, 9.17) is 10.5 Å². The first kappa shape index (κ1) is 15.3.